The number of fused-ring (bicyclic) bond motifs is 6. The average molecular weight is 350 g/mol. The van der Waals surface area contributed by atoms with Gasteiger partial charge in [0.1, 0.15) is 6.54 Å². The molecular formula is C21H22N2O3. The highest BCUT2D eigenvalue weighted by atomic mass is 16.2. The van der Waals surface area contributed by atoms with E-state index in [1.165, 1.54) is 10.5 Å². The number of carbonyl (C=O) groups is 3. The number of rotatable bonds is 3. The predicted molar refractivity (Wildman–Crippen MR) is 94.7 cm³/mol. The number of allylic oxidation sites excluding steroid dienone is 2. The van der Waals surface area contributed by atoms with Gasteiger partial charge in [-0.25, -0.2) is 0 Å². The molecule has 0 unspecified atom stereocenters. The van der Waals surface area contributed by atoms with Crippen LogP contribution in [0.25, 0.3) is 0 Å². The number of aryl methyl sites for hydroxylation is 1. The molecule has 3 amide bonds. The van der Waals surface area contributed by atoms with Crippen LogP contribution in [-0.4, -0.2) is 29.2 Å². The van der Waals surface area contributed by atoms with Crippen molar-refractivity contribution in [1.29, 1.82) is 0 Å². The van der Waals surface area contributed by atoms with Crippen molar-refractivity contribution >= 4 is 17.7 Å². The number of likely N-dealkylation sites (tertiary alicyclic amines) is 1. The van der Waals surface area contributed by atoms with Crippen LogP contribution < -0.4 is 5.32 Å². The van der Waals surface area contributed by atoms with E-state index in [1.807, 2.05) is 12.1 Å². The molecule has 1 aromatic rings. The zero-order valence-corrected chi connectivity index (χ0v) is 14.6. The van der Waals surface area contributed by atoms with Crippen LogP contribution in [0.1, 0.15) is 36.4 Å². The van der Waals surface area contributed by atoms with E-state index in [2.05, 4.69) is 29.6 Å². The molecule has 0 aromatic heterocycles. The van der Waals surface area contributed by atoms with Crippen LogP contribution in [0.2, 0.25) is 0 Å². The fourth-order valence-corrected chi connectivity index (χ4v) is 5.41. The van der Waals surface area contributed by atoms with Gasteiger partial charge in [-0.3, -0.25) is 19.3 Å². The molecule has 1 saturated carbocycles. The normalized spacial score (nSPS) is 34.2. The van der Waals surface area contributed by atoms with Gasteiger partial charge in [0.2, 0.25) is 17.7 Å². The molecule has 5 heteroatoms. The van der Waals surface area contributed by atoms with Crippen molar-refractivity contribution in [2.45, 2.75) is 31.7 Å². The molecule has 5 atom stereocenters. The minimum atomic E-state index is -0.242. The van der Waals surface area contributed by atoms with Crippen molar-refractivity contribution in [2.24, 2.45) is 23.7 Å². The average Bonchev–Trinajstić information content (AvgIpc) is 3.32. The quantitative estimate of drug-likeness (QED) is 0.670. The highest BCUT2D eigenvalue weighted by Gasteiger charge is 2.59. The van der Waals surface area contributed by atoms with E-state index < -0.39 is 0 Å². The van der Waals surface area contributed by atoms with Gasteiger partial charge in [0.15, 0.2) is 0 Å². The van der Waals surface area contributed by atoms with Gasteiger partial charge in [-0.1, -0.05) is 36.4 Å². The Morgan fingerprint density at radius 3 is 2.50 bits per heavy atom. The van der Waals surface area contributed by atoms with Gasteiger partial charge in [0, 0.05) is 0 Å². The lowest BCUT2D eigenvalue weighted by atomic mass is 9.85. The summed E-state index contributed by atoms with van der Waals surface area (Å²) in [7, 11) is 0. The molecule has 1 saturated heterocycles. The van der Waals surface area contributed by atoms with E-state index in [4.69, 9.17) is 0 Å². The molecular weight excluding hydrogens is 328 g/mol. The van der Waals surface area contributed by atoms with Gasteiger partial charge in [0.05, 0.1) is 17.9 Å². The fraction of sp³-hybridized carbons (Fsp3) is 0.476. The first kappa shape index (κ1) is 15.8. The number of hydrogen-bond donors (Lipinski definition) is 1. The molecule has 1 N–H and O–H groups in total. The third kappa shape index (κ3) is 2.26. The summed E-state index contributed by atoms with van der Waals surface area (Å²) < 4.78 is 0. The molecule has 3 aliphatic carbocycles. The number of nitrogens with one attached hydrogen (secondary N) is 1. The van der Waals surface area contributed by atoms with E-state index in [0.29, 0.717) is 0 Å². The van der Waals surface area contributed by atoms with Gasteiger partial charge < -0.3 is 5.32 Å². The van der Waals surface area contributed by atoms with E-state index in [0.717, 1.165) is 31.2 Å². The van der Waals surface area contributed by atoms with Crippen LogP contribution in [-0.2, 0) is 20.8 Å². The minimum absolute atomic E-state index is 0.0300. The van der Waals surface area contributed by atoms with Gasteiger partial charge in [0.25, 0.3) is 0 Å². The van der Waals surface area contributed by atoms with Crippen molar-refractivity contribution < 1.29 is 14.4 Å². The van der Waals surface area contributed by atoms with Gasteiger partial charge in [-0.05, 0) is 48.6 Å². The second-order valence-corrected chi connectivity index (χ2v) is 7.97. The van der Waals surface area contributed by atoms with Crippen LogP contribution >= 0.6 is 0 Å². The maximum atomic E-state index is 12.7. The zero-order chi connectivity index (χ0) is 17.8. The van der Waals surface area contributed by atoms with Gasteiger partial charge in [-0.2, -0.15) is 0 Å². The highest BCUT2D eigenvalue weighted by Crippen LogP contribution is 2.52. The van der Waals surface area contributed by atoms with E-state index in [1.54, 1.807) is 0 Å². The summed E-state index contributed by atoms with van der Waals surface area (Å²) in [5, 5.41) is 3.05. The summed E-state index contributed by atoms with van der Waals surface area (Å²) in [6.45, 7) is -0.150. The Kier molecular flexibility index (Phi) is 3.52. The molecule has 5 rings (SSSR count). The number of hydrogen-bond acceptors (Lipinski definition) is 3. The highest BCUT2D eigenvalue weighted by molar-refractivity contribution is 6.08. The Balaban J connectivity index is 1.29. The predicted octanol–water partition coefficient (Wildman–Crippen LogP) is 1.99. The van der Waals surface area contributed by atoms with Gasteiger partial charge >= 0.3 is 0 Å². The number of carbonyl (C=O) groups excluding carboxylic acids is 3. The molecule has 0 radical (unpaired) electrons. The SMILES string of the molecule is O=C(CN1C(=O)[C@@H]2[C@@H](C1=O)[C@H]1C=C[C@@H]2C1)N[C@@H]1CCCc2ccccc21. The Bertz CT molecular complexity index is 800. The first-order chi connectivity index (χ1) is 12.6. The number of nitrogens with zero attached hydrogens (tertiary/aromatic N) is 1. The first-order valence-corrected chi connectivity index (χ1v) is 9.54. The molecule has 2 fully saturated rings. The second kappa shape index (κ2) is 5.79. The van der Waals surface area contributed by atoms with E-state index >= 15 is 0 Å². The summed E-state index contributed by atoms with van der Waals surface area (Å²) in [5.74, 6) is -0.665. The van der Waals surface area contributed by atoms with Gasteiger partial charge in [-0.15, -0.1) is 0 Å². The smallest absolute Gasteiger partial charge is 0.240 e. The third-order valence-electron chi connectivity index (χ3n) is 6.57. The molecule has 5 nitrogen and oxygen atoms in total. The summed E-state index contributed by atoms with van der Waals surface area (Å²) in [6.07, 6.45) is 8.00. The molecule has 4 aliphatic rings. The molecule has 134 valence electrons. The summed E-state index contributed by atoms with van der Waals surface area (Å²) >= 11 is 0. The third-order valence-corrected chi connectivity index (χ3v) is 6.57. The maximum absolute atomic E-state index is 12.7. The maximum Gasteiger partial charge on any atom is 0.240 e. The molecule has 0 spiro atoms. The lowest BCUT2D eigenvalue weighted by Crippen LogP contribution is -2.43. The molecule has 26 heavy (non-hydrogen) atoms. The van der Waals surface area contributed by atoms with E-state index in [-0.39, 0.29) is 54.0 Å². The van der Waals surface area contributed by atoms with Crippen molar-refractivity contribution in [1.82, 2.24) is 10.2 Å². The van der Waals surface area contributed by atoms with Crippen LogP contribution in [0.3, 0.4) is 0 Å². The van der Waals surface area contributed by atoms with Crippen molar-refractivity contribution in [3.63, 3.8) is 0 Å². The summed E-state index contributed by atoms with van der Waals surface area (Å²) in [5.41, 5.74) is 2.43. The Labute approximate surface area is 152 Å². The lowest BCUT2D eigenvalue weighted by molar-refractivity contribution is -0.144. The summed E-state index contributed by atoms with van der Waals surface area (Å²) in [4.78, 5) is 39.2. The van der Waals surface area contributed by atoms with E-state index in [9.17, 15) is 14.4 Å². The number of amides is 3. The van der Waals surface area contributed by atoms with Crippen LogP contribution in [0.5, 0.6) is 0 Å². The summed E-state index contributed by atoms with van der Waals surface area (Å²) in [6, 6.07) is 8.13. The molecule has 2 bridgehead atoms. The molecule has 1 aromatic carbocycles. The van der Waals surface area contributed by atoms with Crippen LogP contribution in [0, 0.1) is 23.7 Å². The van der Waals surface area contributed by atoms with Crippen LogP contribution in [0.4, 0.5) is 0 Å². The standard InChI is InChI=1S/C21H22N2O3/c24-17(22-16-7-3-5-12-4-1-2-6-15(12)16)11-23-20(25)18-13-8-9-14(10-13)19(18)21(23)26/h1-2,4,6,8-9,13-14,16,18-19H,3,5,7,10-11H2,(H,22,24)/t13-,14+,16-,18+,19+/m1/s1. The Morgan fingerprint density at radius 1 is 1.08 bits per heavy atom. The fourth-order valence-electron chi connectivity index (χ4n) is 5.41. The second-order valence-electron chi connectivity index (χ2n) is 7.97. The lowest BCUT2D eigenvalue weighted by Gasteiger charge is -2.27. The monoisotopic (exact) mass is 350 g/mol. The first-order valence-electron chi connectivity index (χ1n) is 9.54. The van der Waals surface area contributed by atoms with Crippen LogP contribution in [0.15, 0.2) is 36.4 Å². The topological polar surface area (TPSA) is 66.5 Å². The molecule has 1 heterocycles. The largest absolute Gasteiger partial charge is 0.348 e. The number of benzene rings is 1. The van der Waals surface area contributed by atoms with Crippen molar-refractivity contribution in [2.75, 3.05) is 6.54 Å². The number of imide groups is 1. The Morgan fingerprint density at radius 2 is 1.77 bits per heavy atom. The Hall–Kier alpha value is -2.43. The molecule has 1 aliphatic heterocycles. The van der Waals surface area contributed by atoms with Crippen molar-refractivity contribution in [3.8, 4) is 0 Å². The minimum Gasteiger partial charge on any atom is -0.348 e. The zero-order valence-electron chi connectivity index (χ0n) is 14.6. The van der Waals surface area contributed by atoms with Crippen molar-refractivity contribution in [3.05, 3.63) is 47.5 Å².